The molecule has 0 saturated carbocycles. The van der Waals surface area contributed by atoms with Crippen molar-refractivity contribution < 1.29 is 66.4 Å². The molecule has 0 fully saturated rings. The minimum absolute atomic E-state index is 0.382. The van der Waals surface area contributed by atoms with Crippen LogP contribution >= 0.6 is 0 Å². The van der Waals surface area contributed by atoms with E-state index >= 15 is 0 Å². The zero-order valence-corrected chi connectivity index (χ0v) is 31.0. The molecule has 0 aromatic heterocycles. The Hall–Kier alpha value is -1.25. The summed E-state index contributed by atoms with van der Waals surface area (Å²) in [4.78, 5) is 13.6. The van der Waals surface area contributed by atoms with Crippen molar-refractivity contribution in [2.75, 3.05) is 186 Å². The average Bonchev–Trinajstić information content (AvgIpc) is 3.05. The van der Waals surface area contributed by atoms with Crippen molar-refractivity contribution in [1.82, 2.24) is 10.2 Å². The van der Waals surface area contributed by atoms with Crippen molar-refractivity contribution in [3.8, 4) is 0 Å². The highest BCUT2D eigenvalue weighted by Crippen LogP contribution is 2.06. The van der Waals surface area contributed by atoms with Gasteiger partial charge in [0, 0.05) is 13.1 Å². The number of ether oxygens (including phenoxy) is 13. The number of carbonyl (C=O) groups is 1. The Labute approximate surface area is 294 Å². The fourth-order valence-electron chi connectivity index (χ4n) is 3.31. The minimum Gasteiger partial charge on any atom is -0.444 e. The van der Waals surface area contributed by atoms with Gasteiger partial charge in [-0.05, 0) is 34.9 Å². The van der Waals surface area contributed by atoms with E-state index in [4.69, 9.17) is 61.6 Å². The molecule has 1 amide bonds. The molecule has 0 rings (SSSR count). The molecule has 0 unspecified atom stereocenters. The maximum atomic E-state index is 11.5. The first-order valence-electron chi connectivity index (χ1n) is 17.4. The fraction of sp³-hybridized carbons (Fsp3) is 0.970. The molecule has 0 aromatic carbocycles. The second-order valence-electron chi connectivity index (χ2n) is 11.6. The van der Waals surface area contributed by atoms with Crippen LogP contribution in [-0.4, -0.2) is 202 Å². The van der Waals surface area contributed by atoms with Crippen molar-refractivity contribution in [2.45, 2.75) is 26.4 Å². The Morgan fingerprint density at radius 3 is 0.857 bits per heavy atom. The van der Waals surface area contributed by atoms with Crippen LogP contribution in [0.5, 0.6) is 0 Å². The summed E-state index contributed by atoms with van der Waals surface area (Å²) in [5.74, 6) is 0. The largest absolute Gasteiger partial charge is 0.444 e. The van der Waals surface area contributed by atoms with Gasteiger partial charge in [-0.15, -0.1) is 0 Å². The highest BCUT2D eigenvalue weighted by atomic mass is 16.6. The standard InChI is InChI=1S/C33H68N2O14/c1-33(2,3)49-32(36)34-6-8-37-10-12-39-14-16-41-18-20-43-22-24-45-26-28-47-30-31-48-29-27-46-25-23-44-21-19-42-17-15-40-13-11-38-9-7-35(4)5/h6-31H2,1-5H3,(H,34,36). The molecule has 0 aliphatic heterocycles. The molecule has 1 N–H and O–H groups in total. The number of amides is 1. The zero-order valence-electron chi connectivity index (χ0n) is 31.0. The summed E-state index contributed by atoms with van der Waals surface area (Å²) >= 11 is 0. The van der Waals surface area contributed by atoms with Crippen LogP contribution in [-0.2, 0) is 61.6 Å². The zero-order chi connectivity index (χ0) is 35.9. The van der Waals surface area contributed by atoms with Crippen LogP contribution in [0.15, 0.2) is 0 Å². The number of alkyl carbamates (subject to hydrolysis) is 1. The van der Waals surface area contributed by atoms with Gasteiger partial charge in [-0.1, -0.05) is 0 Å². The summed E-state index contributed by atoms with van der Waals surface area (Å²) < 4.78 is 70.7. The third kappa shape index (κ3) is 44.7. The summed E-state index contributed by atoms with van der Waals surface area (Å²) in [6, 6.07) is 0. The van der Waals surface area contributed by atoms with Gasteiger partial charge in [0.1, 0.15) is 5.60 Å². The first-order valence-corrected chi connectivity index (χ1v) is 17.4. The Kier molecular flexibility index (Phi) is 37.0. The molecule has 0 atom stereocenters. The minimum atomic E-state index is -0.512. The lowest BCUT2D eigenvalue weighted by Crippen LogP contribution is -2.34. The van der Waals surface area contributed by atoms with Crippen molar-refractivity contribution in [2.24, 2.45) is 0 Å². The molecule has 49 heavy (non-hydrogen) atoms. The number of hydrogen-bond acceptors (Lipinski definition) is 15. The average molecular weight is 717 g/mol. The number of likely N-dealkylation sites (N-methyl/N-ethyl adjacent to an activating group) is 1. The Morgan fingerprint density at radius 2 is 0.633 bits per heavy atom. The van der Waals surface area contributed by atoms with Gasteiger partial charge in [0.25, 0.3) is 0 Å². The molecular weight excluding hydrogens is 648 g/mol. The highest BCUT2D eigenvalue weighted by Gasteiger charge is 2.15. The quantitative estimate of drug-likeness (QED) is 0.0909. The second kappa shape index (κ2) is 38.0. The normalized spacial score (nSPS) is 11.9. The van der Waals surface area contributed by atoms with Gasteiger partial charge in [-0.3, -0.25) is 0 Å². The molecule has 16 nitrogen and oxygen atoms in total. The van der Waals surface area contributed by atoms with Gasteiger partial charge < -0.3 is 71.8 Å². The SMILES string of the molecule is CN(C)CCOCCOCCOCCOCCOCCOCCOCCOCCOCCOCCOCCOCCNC(=O)OC(C)(C)C. The van der Waals surface area contributed by atoms with E-state index in [1.54, 1.807) is 0 Å². The summed E-state index contributed by atoms with van der Waals surface area (Å²) in [7, 11) is 4.04. The predicted molar refractivity (Wildman–Crippen MR) is 183 cm³/mol. The molecule has 0 spiro atoms. The molecule has 0 aliphatic rings. The molecule has 0 heterocycles. The first-order chi connectivity index (χ1) is 23.8. The van der Waals surface area contributed by atoms with E-state index < -0.39 is 11.7 Å². The van der Waals surface area contributed by atoms with Gasteiger partial charge in [-0.2, -0.15) is 0 Å². The molecule has 0 bridgehead atoms. The van der Waals surface area contributed by atoms with Gasteiger partial charge in [0.15, 0.2) is 0 Å². The highest BCUT2D eigenvalue weighted by molar-refractivity contribution is 5.67. The van der Waals surface area contributed by atoms with Gasteiger partial charge in [0.05, 0.1) is 159 Å². The Balaban J connectivity index is 3.09. The molecule has 16 heteroatoms. The maximum absolute atomic E-state index is 11.5. The van der Waals surface area contributed by atoms with Crippen LogP contribution in [0, 0.1) is 0 Å². The summed E-state index contributed by atoms with van der Waals surface area (Å²) in [5, 5.41) is 2.63. The predicted octanol–water partition coefficient (Wildman–Crippen LogP) is 1.27. The summed E-state index contributed by atoms with van der Waals surface area (Å²) in [5.41, 5.74) is -0.512. The van der Waals surface area contributed by atoms with E-state index in [2.05, 4.69) is 10.2 Å². The number of carbonyl (C=O) groups excluding carboxylic acids is 1. The summed E-state index contributed by atoms with van der Waals surface area (Å²) in [6.45, 7) is 19.0. The van der Waals surface area contributed by atoms with Crippen LogP contribution in [0.25, 0.3) is 0 Å². The van der Waals surface area contributed by atoms with Crippen LogP contribution < -0.4 is 5.32 Å². The molecule has 0 radical (unpaired) electrons. The van der Waals surface area contributed by atoms with Crippen LogP contribution in [0.2, 0.25) is 0 Å². The lowest BCUT2D eigenvalue weighted by molar-refractivity contribution is -0.0284. The van der Waals surface area contributed by atoms with Gasteiger partial charge in [-0.25, -0.2) is 4.79 Å². The fourth-order valence-corrected chi connectivity index (χ4v) is 3.31. The Morgan fingerprint density at radius 1 is 0.408 bits per heavy atom. The summed E-state index contributed by atoms with van der Waals surface area (Å²) in [6.07, 6.45) is -0.452. The number of rotatable bonds is 39. The van der Waals surface area contributed by atoms with Crippen molar-refractivity contribution >= 4 is 6.09 Å². The lowest BCUT2D eigenvalue weighted by Gasteiger charge is -2.19. The number of hydrogen-bond donors (Lipinski definition) is 1. The number of nitrogens with one attached hydrogen (secondary N) is 1. The van der Waals surface area contributed by atoms with Crippen molar-refractivity contribution in [3.05, 3.63) is 0 Å². The van der Waals surface area contributed by atoms with Gasteiger partial charge >= 0.3 is 6.09 Å². The van der Waals surface area contributed by atoms with E-state index in [1.165, 1.54) is 0 Å². The van der Waals surface area contributed by atoms with E-state index in [0.29, 0.717) is 165 Å². The lowest BCUT2D eigenvalue weighted by atomic mass is 10.2. The third-order valence-electron chi connectivity index (χ3n) is 5.69. The monoisotopic (exact) mass is 716 g/mol. The van der Waals surface area contributed by atoms with E-state index in [9.17, 15) is 4.79 Å². The van der Waals surface area contributed by atoms with Crippen LogP contribution in [0.4, 0.5) is 4.79 Å². The smallest absolute Gasteiger partial charge is 0.407 e. The molecule has 0 saturated heterocycles. The molecule has 0 aliphatic carbocycles. The number of nitrogens with zero attached hydrogens (tertiary/aromatic N) is 1. The topological polar surface area (TPSA) is 152 Å². The molecule has 294 valence electrons. The first kappa shape index (κ1) is 47.8. The third-order valence-corrected chi connectivity index (χ3v) is 5.69. The van der Waals surface area contributed by atoms with Gasteiger partial charge in [0.2, 0.25) is 0 Å². The van der Waals surface area contributed by atoms with Crippen molar-refractivity contribution in [1.29, 1.82) is 0 Å². The second-order valence-corrected chi connectivity index (χ2v) is 11.6. The van der Waals surface area contributed by atoms with E-state index in [1.807, 2.05) is 34.9 Å². The Bertz CT molecular complexity index is 674. The maximum Gasteiger partial charge on any atom is 0.407 e. The van der Waals surface area contributed by atoms with Crippen molar-refractivity contribution in [3.63, 3.8) is 0 Å². The van der Waals surface area contributed by atoms with Crippen LogP contribution in [0.3, 0.4) is 0 Å². The van der Waals surface area contributed by atoms with E-state index in [-0.39, 0.29) is 0 Å². The van der Waals surface area contributed by atoms with Crippen LogP contribution in [0.1, 0.15) is 20.8 Å². The molecular formula is C33H68N2O14. The van der Waals surface area contributed by atoms with E-state index in [0.717, 1.165) is 6.54 Å². The molecule has 0 aromatic rings.